The Morgan fingerprint density at radius 2 is 2.10 bits per heavy atom. The van der Waals surface area contributed by atoms with Crippen molar-refractivity contribution in [3.63, 3.8) is 0 Å². The molecule has 0 unspecified atom stereocenters. The highest BCUT2D eigenvalue weighted by atomic mass is 79.9. The molecule has 7 heteroatoms. The van der Waals surface area contributed by atoms with Gasteiger partial charge in [-0.25, -0.2) is 0 Å². The van der Waals surface area contributed by atoms with Crippen LogP contribution in [0.4, 0.5) is 11.4 Å². The number of nitrogens with zero attached hydrogens (tertiary/aromatic N) is 2. The number of aryl methyl sites for hydroxylation is 1. The van der Waals surface area contributed by atoms with E-state index in [2.05, 4.69) is 26.5 Å². The Morgan fingerprint density at radius 3 is 2.76 bits per heavy atom. The van der Waals surface area contributed by atoms with E-state index in [1.54, 1.807) is 6.07 Å². The van der Waals surface area contributed by atoms with Gasteiger partial charge < -0.3 is 5.11 Å². The van der Waals surface area contributed by atoms with Crippen molar-refractivity contribution in [2.24, 2.45) is 5.10 Å². The van der Waals surface area contributed by atoms with Crippen LogP contribution in [0.15, 0.2) is 46.0 Å². The van der Waals surface area contributed by atoms with Gasteiger partial charge in [-0.15, -0.1) is 0 Å². The summed E-state index contributed by atoms with van der Waals surface area (Å²) in [4.78, 5) is 10.2. The number of anilines is 1. The predicted octanol–water partition coefficient (Wildman–Crippen LogP) is 3.82. The monoisotopic (exact) mass is 349 g/mol. The van der Waals surface area contributed by atoms with Crippen molar-refractivity contribution in [1.29, 1.82) is 0 Å². The first-order chi connectivity index (χ1) is 9.99. The number of nitro benzene ring substituents is 1. The molecule has 0 aliphatic carbocycles. The molecule has 0 aliphatic rings. The van der Waals surface area contributed by atoms with Gasteiger partial charge in [0, 0.05) is 16.1 Å². The lowest BCUT2D eigenvalue weighted by atomic mass is 10.2. The second-order valence-corrected chi connectivity index (χ2v) is 5.22. The number of nitro groups is 1. The third kappa shape index (κ3) is 3.57. The van der Waals surface area contributed by atoms with Crippen LogP contribution in [-0.2, 0) is 0 Å². The number of hydrogen-bond donors (Lipinski definition) is 2. The van der Waals surface area contributed by atoms with Crippen LogP contribution in [0.25, 0.3) is 0 Å². The summed E-state index contributed by atoms with van der Waals surface area (Å²) >= 11 is 3.17. The highest BCUT2D eigenvalue weighted by Gasteiger charge is 2.17. The zero-order valence-corrected chi connectivity index (χ0v) is 12.7. The molecule has 0 bridgehead atoms. The molecule has 2 rings (SSSR count). The number of aromatic hydroxyl groups is 1. The molecule has 6 nitrogen and oxygen atoms in total. The highest BCUT2D eigenvalue weighted by molar-refractivity contribution is 9.10. The van der Waals surface area contributed by atoms with Crippen LogP contribution >= 0.6 is 15.9 Å². The van der Waals surface area contributed by atoms with Crippen LogP contribution in [0.5, 0.6) is 5.75 Å². The third-order valence-corrected chi connectivity index (χ3v) is 3.27. The number of para-hydroxylation sites is 1. The number of phenolic OH excluding ortho intramolecular Hbond substituents is 1. The maximum absolute atomic E-state index is 10.8. The summed E-state index contributed by atoms with van der Waals surface area (Å²) in [5.74, 6) is -0.418. The second-order valence-electron chi connectivity index (χ2n) is 4.30. The molecular weight excluding hydrogens is 338 g/mol. The first-order valence-corrected chi connectivity index (χ1v) is 6.80. The highest BCUT2D eigenvalue weighted by Crippen LogP contribution is 2.32. The lowest BCUT2D eigenvalue weighted by Crippen LogP contribution is -1.95. The van der Waals surface area contributed by atoms with Crippen LogP contribution in [-0.4, -0.2) is 16.2 Å². The zero-order valence-electron chi connectivity index (χ0n) is 11.1. The number of phenols is 1. The number of nitrogens with one attached hydrogen (secondary N) is 1. The Morgan fingerprint density at radius 1 is 1.38 bits per heavy atom. The Labute approximate surface area is 129 Å². The van der Waals surface area contributed by atoms with E-state index >= 15 is 0 Å². The van der Waals surface area contributed by atoms with Gasteiger partial charge in [-0.05, 0) is 24.6 Å². The average molecular weight is 350 g/mol. The van der Waals surface area contributed by atoms with Crippen molar-refractivity contribution in [2.45, 2.75) is 6.92 Å². The summed E-state index contributed by atoms with van der Waals surface area (Å²) in [5.41, 5.74) is 4.53. The van der Waals surface area contributed by atoms with Crippen LogP contribution in [0.2, 0.25) is 0 Å². The topological polar surface area (TPSA) is 87.8 Å². The molecule has 2 aromatic rings. The van der Waals surface area contributed by atoms with E-state index in [9.17, 15) is 15.2 Å². The van der Waals surface area contributed by atoms with E-state index in [1.165, 1.54) is 12.3 Å². The quantitative estimate of drug-likeness (QED) is 0.499. The Kier molecular flexibility index (Phi) is 4.54. The molecule has 0 saturated heterocycles. The van der Waals surface area contributed by atoms with Gasteiger partial charge in [0.15, 0.2) is 0 Å². The minimum Gasteiger partial charge on any atom is -0.502 e. The fourth-order valence-electron chi connectivity index (χ4n) is 1.71. The van der Waals surface area contributed by atoms with Crippen molar-refractivity contribution in [3.05, 3.63) is 62.1 Å². The van der Waals surface area contributed by atoms with Gasteiger partial charge in [0.2, 0.25) is 5.75 Å². The van der Waals surface area contributed by atoms with E-state index in [0.29, 0.717) is 4.47 Å². The van der Waals surface area contributed by atoms with Gasteiger partial charge in [0.1, 0.15) is 0 Å². The maximum atomic E-state index is 10.8. The molecule has 108 valence electrons. The summed E-state index contributed by atoms with van der Waals surface area (Å²) in [7, 11) is 0. The molecule has 0 spiro atoms. The van der Waals surface area contributed by atoms with Gasteiger partial charge in [-0.2, -0.15) is 5.10 Å². The Hall–Kier alpha value is -2.41. The molecule has 0 aliphatic heterocycles. The summed E-state index contributed by atoms with van der Waals surface area (Å²) in [5, 5.41) is 24.7. The van der Waals surface area contributed by atoms with Gasteiger partial charge in [0.25, 0.3) is 0 Å². The number of benzene rings is 2. The summed E-state index contributed by atoms with van der Waals surface area (Å²) in [6, 6.07) is 10.3. The predicted molar refractivity (Wildman–Crippen MR) is 84.9 cm³/mol. The zero-order chi connectivity index (χ0) is 15.4. The number of hydrazone groups is 1. The molecule has 2 aromatic carbocycles. The Bertz CT molecular complexity index is 717. The number of hydrogen-bond acceptors (Lipinski definition) is 5. The van der Waals surface area contributed by atoms with Crippen LogP contribution in [0.3, 0.4) is 0 Å². The number of halogens is 1. The second kappa shape index (κ2) is 6.36. The minimum absolute atomic E-state index is 0.247. The molecule has 0 heterocycles. The molecule has 0 amide bonds. The first kappa shape index (κ1) is 15.0. The molecule has 0 atom stereocenters. The molecule has 0 aromatic heterocycles. The fourth-order valence-corrected chi connectivity index (χ4v) is 2.18. The lowest BCUT2D eigenvalue weighted by molar-refractivity contribution is -0.385. The lowest BCUT2D eigenvalue weighted by Gasteiger charge is -2.04. The molecule has 21 heavy (non-hydrogen) atoms. The fraction of sp³-hybridized carbons (Fsp3) is 0.0714. The van der Waals surface area contributed by atoms with Gasteiger partial charge in [-0.1, -0.05) is 34.1 Å². The van der Waals surface area contributed by atoms with Crippen molar-refractivity contribution < 1.29 is 10.0 Å². The van der Waals surface area contributed by atoms with Crippen LogP contribution < -0.4 is 5.43 Å². The molecular formula is C14H12BrN3O3. The van der Waals surface area contributed by atoms with Gasteiger partial charge >= 0.3 is 5.69 Å². The standard InChI is InChI=1S/C14H12BrN3O3/c1-9-4-2-3-5-12(9)17-16-8-10-6-11(15)7-13(14(10)19)18(20)21/h2-8,17,19H,1H3. The summed E-state index contributed by atoms with van der Waals surface area (Å²) in [6.07, 6.45) is 1.33. The largest absolute Gasteiger partial charge is 0.502 e. The SMILES string of the molecule is Cc1ccccc1NN=Cc1cc(Br)cc([N+](=O)[O-])c1O. The first-order valence-electron chi connectivity index (χ1n) is 6.00. The minimum atomic E-state index is -0.647. The van der Waals surface area contributed by atoms with Crippen LogP contribution in [0, 0.1) is 17.0 Å². The summed E-state index contributed by atoms with van der Waals surface area (Å²) < 4.78 is 0.490. The van der Waals surface area contributed by atoms with Gasteiger partial charge in [0.05, 0.1) is 16.8 Å². The van der Waals surface area contributed by atoms with E-state index < -0.39 is 10.7 Å². The van der Waals surface area contributed by atoms with Crippen LogP contribution in [0.1, 0.15) is 11.1 Å². The number of rotatable bonds is 4. The van der Waals surface area contributed by atoms with Crippen molar-refractivity contribution in [2.75, 3.05) is 5.43 Å². The molecule has 0 radical (unpaired) electrons. The summed E-state index contributed by atoms with van der Waals surface area (Å²) in [6.45, 7) is 1.93. The van der Waals surface area contributed by atoms with Crippen molar-refractivity contribution in [1.82, 2.24) is 0 Å². The molecule has 0 saturated carbocycles. The Balaban J connectivity index is 2.26. The van der Waals surface area contributed by atoms with E-state index in [1.807, 2.05) is 31.2 Å². The smallest absolute Gasteiger partial charge is 0.312 e. The van der Waals surface area contributed by atoms with Gasteiger partial charge in [-0.3, -0.25) is 15.5 Å². The normalized spacial score (nSPS) is 10.8. The third-order valence-electron chi connectivity index (χ3n) is 2.81. The van der Waals surface area contributed by atoms with E-state index in [-0.39, 0.29) is 11.3 Å². The maximum Gasteiger partial charge on any atom is 0.312 e. The average Bonchev–Trinajstić information content (AvgIpc) is 2.44. The van der Waals surface area contributed by atoms with E-state index in [0.717, 1.165) is 11.3 Å². The van der Waals surface area contributed by atoms with E-state index in [4.69, 9.17) is 0 Å². The van der Waals surface area contributed by atoms with Crippen molar-refractivity contribution in [3.8, 4) is 5.75 Å². The molecule has 0 fully saturated rings. The van der Waals surface area contributed by atoms with Crippen molar-refractivity contribution >= 4 is 33.5 Å². The molecule has 2 N–H and O–H groups in total.